The summed E-state index contributed by atoms with van der Waals surface area (Å²) in [7, 11) is 0. The minimum Gasteiger partial charge on any atom is -0.490 e. The van der Waals surface area contributed by atoms with Crippen LogP contribution in [0.5, 0.6) is 23.0 Å². The Morgan fingerprint density at radius 1 is 0.805 bits per heavy atom. The molecule has 3 rings (SSSR count). The van der Waals surface area contributed by atoms with Gasteiger partial charge in [-0.15, -0.1) is 0 Å². The molecule has 10 heteroatoms. The van der Waals surface area contributed by atoms with Gasteiger partial charge >= 0.3 is 12.1 Å². The van der Waals surface area contributed by atoms with Crippen LogP contribution in [0.15, 0.2) is 60.7 Å². The Bertz CT molecular complexity index is 1260. The Hall–Kier alpha value is -3.62. The van der Waals surface area contributed by atoms with Crippen LogP contribution in [0.25, 0.3) is 0 Å². The van der Waals surface area contributed by atoms with E-state index in [1.807, 2.05) is 30.3 Å². The predicted molar refractivity (Wildman–Crippen MR) is 160 cm³/mol. The van der Waals surface area contributed by atoms with Crippen molar-refractivity contribution < 1.29 is 33.3 Å². The van der Waals surface area contributed by atoms with Crippen molar-refractivity contribution in [1.29, 1.82) is 0 Å². The van der Waals surface area contributed by atoms with Crippen LogP contribution in [0.1, 0.15) is 45.6 Å². The van der Waals surface area contributed by atoms with E-state index >= 15 is 0 Å². The molecule has 0 saturated heterocycles. The lowest BCUT2D eigenvalue weighted by molar-refractivity contribution is -0.141. The minimum atomic E-state index is -0.739. The van der Waals surface area contributed by atoms with Crippen molar-refractivity contribution in [1.82, 2.24) is 0 Å². The number of amides is 1. The van der Waals surface area contributed by atoms with E-state index in [1.54, 1.807) is 32.0 Å². The van der Waals surface area contributed by atoms with Crippen LogP contribution < -0.4 is 19.1 Å². The number of anilines is 1. The molecule has 8 nitrogen and oxygen atoms in total. The zero-order valence-electron chi connectivity index (χ0n) is 23.5. The van der Waals surface area contributed by atoms with Crippen LogP contribution in [-0.2, 0) is 20.9 Å². The van der Waals surface area contributed by atoms with Crippen LogP contribution in [0.4, 0.5) is 10.5 Å². The van der Waals surface area contributed by atoms with Crippen molar-refractivity contribution in [2.24, 2.45) is 0 Å². The number of esters is 1. The second-order valence-corrected chi connectivity index (χ2v) is 9.68. The van der Waals surface area contributed by atoms with Crippen LogP contribution >= 0.6 is 23.2 Å². The standard InChI is InChI=1S/C31H35Cl2NO7/c1-4-7-11-16-39-28-19-24(14-15-27(28)40-21-22-12-9-8-10-13-22)41-30-25(32)17-23(18-26(30)33)34(31(36)38-6-3)20-29(35)37-5-2/h8-10,12-15,17-19H,4-7,11,16,20-21H2,1-3H3. The molecule has 0 atom stereocenters. The van der Waals surface area contributed by atoms with Crippen LogP contribution in [0, 0.1) is 0 Å². The average Bonchev–Trinajstić information content (AvgIpc) is 2.96. The van der Waals surface area contributed by atoms with Crippen molar-refractivity contribution >= 4 is 41.0 Å². The molecule has 3 aromatic carbocycles. The Balaban J connectivity index is 1.84. The highest BCUT2D eigenvalue weighted by molar-refractivity contribution is 6.37. The molecule has 0 bridgehead atoms. The molecule has 0 fully saturated rings. The lowest BCUT2D eigenvalue weighted by Gasteiger charge is -2.22. The third-order valence-corrected chi connectivity index (χ3v) is 6.31. The molecule has 0 unspecified atom stereocenters. The van der Waals surface area contributed by atoms with Gasteiger partial charge in [0.1, 0.15) is 18.9 Å². The Labute approximate surface area is 251 Å². The van der Waals surface area contributed by atoms with Gasteiger partial charge < -0.3 is 23.7 Å². The number of carbonyl (C=O) groups excluding carboxylic acids is 2. The van der Waals surface area contributed by atoms with E-state index in [0.717, 1.165) is 29.7 Å². The summed E-state index contributed by atoms with van der Waals surface area (Å²) in [6.07, 6.45) is 2.29. The van der Waals surface area contributed by atoms with E-state index in [0.29, 0.717) is 30.5 Å². The zero-order valence-corrected chi connectivity index (χ0v) is 25.0. The Morgan fingerprint density at radius 3 is 2.17 bits per heavy atom. The molecule has 0 aliphatic heterocycles. The third kappa shape index (κ3) is 9.76. The average molecular weight is 605 g/mol. The second kappa shape index (κ2) is 16.6. The van der Waals surface area contributed by atoms with E-state index in [1.165, 1.54) is 12.1 Å². The number of benzene rings is 3. The van der Waals surface area contributed by atoms with E-state index in [-0.39, 0.29) is 41.2 Å². The summed E-state index contributed by atoms with van der Waals surface area (Å²) in [6.45, 7) is 6.30. The van der Waals surface area contributed by atoms with Gasteiger partial charge in [0.15, 0.2) is 17.2 Å². The number of nitrogens with zero attached hydrogens (tertiary/aromatic N) is 1. The first kappa shape index (κ1) is 31.9. The van der Waals surface area contributed by atoms with Gasteiger partial charge in [0.05, 0.1) is 35.6 Å². The van der Waals surface area contributed by atoms with Gasteiger partial charge in [0, 0.05) is 6.07 Å². The third-order valence-electron chi connectivity index (χ3n) is 5.75. The first-order valence-corrected chi connectivity index (χ1v) is 14.3. The summed E-state index contributed by atoms with van der Waals surface area (Å²) in [4.78, 5) is 25.8. The summed E-state index contributed by atoms with van der Waals surface area (Å²) >= 11 is 13.1. The number of rotatable bonds is 15. The smallest absolute Gasteiger partial charge is 0.414 e. The molecule has 0 saturated carbocycles. The van der Waals surface area contributed by atoms with Gasteiger partial charge in [0.2, 0.25) is 0 Å². The summed E-state index contributed by atoms with van der Waals surface area (Å²) in [6, 6.07) is 18.0. The van der Waals surface area contributed by atoms with E-state index < -0.39 is 12.1 Å². The van der Waals surface area contributed by atoms with E-state index in [9.17, 15) is 9.59 Å². The molecular weight excluding hydrogens is 569 g/mol. The first-order valence-electron chi connectivity index (χ1n) is 13.6. The fraction of sp³-hybridized carbons (Fsp3) is 0.355. The van der Waals surface area contributed by atoms with Crippen LogP contribution in [0.3, 0.4) is 0 Å². The highest BCUT2D eigenvalue weighted by Gasteiger charge is 2.24. The van der Waals surface area contributed by atoms with Crippen molar-refractivity contribution in [3.05, 3.63) is 76.3 Å². The lowest BCUT2D eigenvalue weighted by atomic mass is 10.2. The normalized spacial score (nSPS) is 10.6. The first-order chi connectivity index (χ1) is 19.9. The summed E-state index contributed by atoms with van der Waals surface area (Å²) < 4.78 is 28.2. The molecular formula is C31H35Cl2NO7. The summed E-state index contributed by atoms with van der Waals surface area (Å²) in [5.74, 6) is 1.10. The van der Waals surface area contributed by atoms with Crippen LogP contribution in [-0.4, -0.2) is 38.4 Å². The number of hydrogen-bond acceptors (Lipinski definition) is 7. The number of halogens is 2. The molecule has 220 valence electrons. The molecule has 41 heavy (non-hydrogen) atoms. The number of unbranched alkanes of at least 4 members (excludes halogenated alkanes) is 2. The highest BCUT2D eigenvalue weighted by atomic mass is 35.5. The van der Waals surface area contributed by atoms with Gasteiger partial charge in [0.25, 0.3) is 0 Å². The van der Waals surface area contributed by atoms with Gasteiger partial charge in [-0.05, 0) is 50.1 Å². The molecule has 1 amide bonds. The van der Waals surface area contributed by atoms with Gasteiger partial charge in [-0.25, -0.2) is 4.79 Å². The Kier molecular flexibility index (Phi) is 12.9. The quantitative estimate of drug-likeness (QED) is 0.127. The molecule has 0 heterocycles. The van der Waals surface area contributed by atoms with Gasteiger partial charge in [-0.2, -0.15) is 0 Å². The maximum atomic E-state index is 12.6. The van der Waals surface area contributed by atoms with Crippen molar-refractivity contribution in [3.8, 4) is 23.0 Å². The van der Waals surface area contributed by atoms with Gasteiger partial charge in [-0.1, -0.05) is 73.3 Å². The predicted octanol–water partition coefficient (Wildman–Crippen LogP) is 8.46. The Morgan fingerprint density at radius 2 is 1.51 bits per heavy atom. The number of carbonyl (C=O) groups is 2. The van der Waals surface area contributed by atoms with E-state index in [4.69, 9.17) is 46.9 Å². The second-order valence-electron chi connectivity index (χ2n) is 8.87. The van der Waals surface area contributed by atoms with Crippen LogP contribution in [0.2, 0.25) is 10.0 Å². The fourth-order valence-electron chi connectivity index (χ4n) is 3.77. The molecule has 0 aromatic heterocycles. The fourth-order valence-corrected chi connectivity index (χ4v) is 4.32. The molecule has 0 aliphatic rings. The van der Waals surface area contributed by atoms with Crippen molar-refractivity contribution in [2.45, 2.75) is 46.6 Å². The number of ether oxygens (including phenoxy) is 5. The molecule has 0 N–H and O–H groups in total. The zero-order chi connectivity index (χ0) is 29.6. The summed E-state index contributed by atoms with van der Waals surface area (Å²) in [5.41, 5.74) is 1.28. The van der Waals surface area contributed by atoms with Crippen molar-refractivity contribution in [2.75, 3.05) is 31.3 Å². The monoisotopic (exact) mass is 603 g/mol. The highest BCUT2D eigenvalue weighted by Crippen LogP contribution is 2.42. The summed E-state index contributed by atoms with van der Waals surface area (Å²) in [5, 5.41) is 0.251. The molecule has 0 radical (unpaired) electrons. The number of hydrogen-bond donors (Lipinski definition) is 0. The maximum absolute atomic E-state index is 12.6. The maximum Gasteiger partial charge on any atom is 0.414 e. The SMILES string of the molecule is CCCCCOc1cc(Oc2c(Cl)cc(N(CC(=O)OCC)C(=O)OCC)cc2Cl)ccc1OCc1ccccc1. The molecule has 3 aromatic rings. The van der Waals surface area contributed by atoms with Crippen molar-refractivity contribution in [3.63, 3.8) is 0 Å². The molecule has 0 spiro atoms. The largest absolute Gasteiger partial charge is 0.490 e. The molecule has 0 aliphatic carbocycles. The topological polar surface area (TPSA) is 83.5 Å². The minimum absolute atomic E-state index is 0.120. The lowest BCUT2D eigenvalue weighted by Crippen LogP contribution is -2.37. The van der Waals surface area contributed by atoms with E-state index in [2.05, 4.69) is 6.92 Å². The van der Waals surface area contributed by atoms with Gasteiger partial charge in [-0.3, -0.25) is 9.69 Å².